The molecule has 1 aliphatic rings. The molecule has 0 radical (unpaired) electrons. The van der Waals surface area contributed by atoms with Crippen LogP contribution in [0.15, 0.2) is 340 Å². The van der Waals surface area contributed by atoms with Crippen LogP contribution in [0.5, 0.6) is 0 Å². The smallest absolute Gasteiger partial charge is 0.0713 e. The fraction of sp³-hybridized carbons (Fsp3) is 0.0118. The predicted octanol–water partition coefficient (Wildman–Crippen LogP) is 22.2. The number of fused-ring (bicyclic) bond motifs is 9. The molecule has 14 aromatic carbocycles. The number of hydrogen-bond donors (Lipinski definition) is 0. The quantitative estimate of drug-likeness (QED) is 0.129. The SMILES string of the molecule is c1ccc(-c2ccc(-n3c4ccccc4c4cc(-c5ccc6c(c5)c5ccccc5n6-c5ccc(-c6cccc(-c7ccc(-c8cccc(-c9ccc(C%10(c%11ccccc%11)c%11ccccc%11-c%11ccccc%11%10)cc9)c8)cc7)c6)cc5)ccc43)cc2)cc1. The number of benzene rings is 14. The number of para-hydroxylation sites is 2. The van der Waals surface area contributed by atoms with Gasteiger partial charge in [0.25, 0.3) is 0 Å². The fourth-order valence-electron chi connectivity index (χ4n) is 14.3. The van der Waals surface area contributed by atoms with Gasteiger partial charge in [-0.25, -0.2) is 0 Å². The first-order valence-electron chi connectivity index (χ1n) is 30.1. The van der Waals surface area contributed by atoms with Gasteiger partial charge >= 0.3 is 0 Å². The van der Waals surface area contributed by atoms with Gasteiger partial charge in [0.15, 0.2) is 0 Å². The minimum atomic E-state index is -0.411. The third kappa shape index (κ3) is 8.25. The molecule has 0 bridgehead atoms. The first-order valence-corrected chi connectivity index (χ1v) is 30.1. The van der Waals surface area contributed by atoms with Crippen LogP contribution in [0.2, 0.25) is 0 Å². The van der Waals surface area contributed by atoms with Crippen molar-refractivity contribution in [3.8, 4) is 89.3 Å². The molecule has 2 nitrogen and oxygen atoms in total. The average Bonchev–Trinajstić information content (AvgIpc) is 1.81. The lowest BCUT2D eigenvalue weighted by molar-refractivity contribution is 0.768. The highest BCUT2D eigenvalue weighted by Crippen LogP contribution is 2.56. The van der Waals surface area contributed by atoms with Crippen LogP contribution in [0.25, 0.3) is 133 Å². The number of rotatable bonds is 10. The molecule has 0 atom stereocenters. The van der Waals surface area contributed by atoms with Gasteiger partial charge in [0, 0.05) is 32.9 Å². The molecular formula is C85H56N2. The lowest BCUT2D eigenvalue weighted by Gasteiger charge is -2.34. The molecular weight excluding hydrogens is 1050 g/mol. The van der Waals surface area contributed by atoms with E-state index >= 15 is 0 Å². The van der Waals surface area contributed by atoms with Gasteiger partial charge < -0.3 is 9.13 Å². The van der Waals surface area contributed by atoms with Crippen LogP contribution in [0.4, 0.5) is 0 Å². The predicted molar refractivity (Wildman–Crippen MR) is 365 cm³/mol. The van der Waals surface area contributed by atoms with Gasteiger partial charge in [0.2, 0.25) is 0 Å². The lowest BCUT2D eigenvalue weighted by Crippen LogP contribution is -2.28. The Morgan fingerprint density at radius 3 is 0.943 bits per heavy atom. The summed E-state index contributed by atoms with van der Waals surface area (Å²) < 4.78 is 4.81. The van der Waals surface area contributed by atoms with Crippen LogP contribution in [0.3, 0.4) is 0 Å². The van der Waals surface area contributed by atoms with E-state index in [2.05, 4.69) is 349 Å². The van der Waals surface area contributed by atoms with Crippen molar-refractivity contribution >= 4 is 43.6 Å². The van der Waals surface area contributed by atoms with E-state index in [1.165, 1.54) is 144 Å². The molecule has 0 spiro atoms. The molecule has 17 rings (SSSR count). The topological polar surface area (TPSA) is 9.86 Å². The summed E-state index contributed by atoms with van der Waals surface area (Å²) >= 11 is 0. The molecule has 0 aliphatic heterocycles. The molecule has 0 N–H and O–H groups in total. The summed E-state index contributed by atoms with van der Waals surface area (Å²) in [6.07, 6.45) is 0. The molecule has 2 heteroatoms. The number of nitrogens with zero attached hydrogens (tertiary/aromatic N) is 2. The van der Waals surface area contributed by atoms with Crippen molar-refractivity contribution in [3.63, 3.8) is 0 Å². The van der Waals surface area contributed by atoms with Crippen LogP contribution >= 0.6 is 0 Å². The summed E-state index contributed by atoms with van der Waals surface area (Å²) in [5.74, 6) is 0. The Labute approximate surface area is 506 Å². The van der Waals surface area contributed by atoms with Gasteiger partial charge in [0.1, 0.15) is 0 Å². The summed E-state index contributed by atoms with van der Waals surface area (Å²) in [5, 5.41) is 4.96. The van der Waals surface area contributed by atoms with Crippen LogP contribution in [-0.4, -0.2) is 9.13 Å². The van der Waals surface area contributed by atoms with Crippen molar-refractivity contribution < 1.29 is 0 Å². The highest BCUT2D eigenvalue weighted by Gasteiger charge is 2.45. The molecule has 0 fully saturated rings. The van der Waals surface area contributed by atoms with Crippen LogP contribution in [0, 0.1) is 0 Å². The molecule has 0 amide bonds. The van der Waals surface area contributed by atoms with Crippen molar-refractivity contribution in [1.82, 2.24) is 9.13 Å². The Hall–Kier alpha value is -11.3. The standard InChI is InChI=1S/C85H56N2/c1-3-17-57(18-4-1)58-39-47-71(48-40-58)86-81-31-13-9-27-75(81)77-55-67(43-51-83(77)86)68-44-52-84-78(56-68)76-28-10-14-32-82(76)87(84)72-49-41-62(42-50-72)66-22-16-20-64(54-66)60-35-33-59(34-36-60)63-19-15-21-65(53-63)61-37-45-70(46-38-61)85(69-23-5-2-6-24-69)79-29-11-7-25-73(79)74-26-8-12-30-80(74)85/h1-56H. The summed E-state index contributed by atoms with van der Waals surface area (Å²) in [6.45, 7) is 0. The Balaban J connectivity index is 0.633. The largest absolute Gasteiger partial charge is 0.309 e. The van der Waals surface area contributed by atoms with Gasteiger partial charge in [-0.2, -0.15) is 0 Å². The Bertz CT molecular complexity index is 5230. The van der Waals surface area contributed by atoms with E-state index in [4.69, 9.17) is 0 Å². The fourth-order valence-corrected chi connectivity index (χ4v) is 14.3. The highest BCUT2D eigenvalue weighted by molar-refractivity contribution is 6.13. The maximum atomic E-state index is 2.41. The molecule has 87 heavy (non-hydrogen) atoms. The van der Waals surface area contributed by atoms with E-state index in [0.29, 0.717) is 0 Å². The molecule has 2 heterocycles. The third-order valence-electron chi connectivity index (χ3n) is 18.5. The Morgan fingerprint density at radius 2 is 0.483 bits per heavy atom. The zero-order valence-electron chi connectivity index (χ0n) is 47.7. The van der Waals surface area contributed by atoms with Gasteiger partial charge in [-0.15, -0.1) is 0 Å². The second-order valence-electron chi connectivity index (χ2n) is 23.2. The highest BCUT2D eigenvalue weighted by atomic mass is 15.0. The normalized spacial score (nSPS) is 12.5. The number of hydrogen-bond acceptors (Lipinski definition) is 0. The van der Waals surface area contributed by atoms with Crippen LogP contribution in [-0.2, 0) is 5.41 Å². The monoisotopic (exact) mass is 1100 g/mol. The molecule has 0 saturated heterocycles. The van der Waals surface area contributed by atoms with Crippen LogP contribution < -0.4 is 0 Å². The summed E-state index contributed by atoms with van der Waals surface area (Å²) in [5.41, 5.74) is 28.8. The van der Waals surface area contributed by atoms with Crippen molar-refractivity contribution in [2.24, 2.45) is 0 Å². The molecule has 0 saturated carbocycles. The minimum absolute atomic E-state index is 0.411. The van der Waals surface area contributed by atoms with E-state index in [-0.39, 0.29) is 0 Å². The molecule has 16 aromatic rings. The zero-order chi connectivity index (χ0) is 57.4. The van der Waals surface area contributed by atoms with Crippen molar-refractivity contribution in [2.75, 3.05) is 0 Å². The van der Waals surface area contributed by atoms with Crippen LogP contribution in [0.1, 0.15) is 22.3 Å². The molecule has 406 valence electrons. The third-order valence-corrected chi connectivity index (χ3v) is 18.5. The Morgan fingerprint density at radius 1 is 0.184 bits per heavy atom. The summed E-state index contributed by atoms with van der Waals surface area (Å²) in [6, 6.07) is 125. The van der Waals surface area contributed by atoms with E-state index in [1.807, 2.05) is 0 Å². The van der Waals surface area contributed by atoms with Crippen molar-refractivity contribution in [3.05, 3.63) is 362 Å². The first-order chi connectivity index (χ1) is 43.1. The van der Waals surface area contributed by atoms with Crippen molar-refractivity contribution in [2.45, 2.75) is 5.41 Å². The minimum Gasteiger partial charge on any atom is -0.309 e. The summed E-state index contributed by atoms with van der Waals surface area (Å²) in [4.78, 5) is 0. The van der Waals surface area contributed by atoms with Crippen molar-refractivity contribution in [1.29, 1.82) is 0 Å². The average molecular weight is 1110 g/mol. The second kappa shape index (κ2) is 20.5. The van der Waals surface area contributed by atoms with Gasteiger partial charge in [-0.05, 0) is 173 Å². The van der Waals surface area contributed by atoms with E-state index < -0.39 is 5.41 Å². The van der Waals surface area contributed by atoms with E-state index in [9.17, 15) is 0 Å². The number of aromatic nitrogens is 2. The second-order valence-corrected chi connectivity index (χ2v) is 23.2. The maximum Gasteiger partial charge on any atom is 0.0713 e. The van der Waals surface area contributed by atoms with E-state index in [0.717, 1.165) is 11.4 Å². The van der Waals surface area contributed by atoms with Gasteiger partial charge in [-0.3, -0.25) is 0 Å². The first kappa shape index (κ1) is 50.2. The van der Waals surface area contributed by atoms with E-state index in [1.54, 1.807) is 0 Å². The molecule has 2 aromatic heterocycles. The Kier molecular flexibility index (Phi) is 11.8. The maximum absolute atomic E-state index is 2.41. The zero-order valence-corrected chi connectivity index (χ0v) is 47.7. The molecule has 0 unspecified atom stereocenters. The lowest BCUT2D eigenvalue weighted by atomic mass is 9.67. The van der Waals surface area contributed by atoms with Gasteiger partial charge in [0.05, 0.1) is 27.5 Å². The summed E-state index contributed by atoms with van der Waals surface area (Å²) in [7, 11) is 0. The molecule has 1 aliphatic carbocycles. The van der Waals surface area contributed by atoms with Gasteiger partial charge in [-0.1, -0.05) is 267 Å².